The van der Waals surface area contributed by atoms with Gasteiger partial charge in [-0.1, -0.05) is 41.0 Å². The fourth-order valence-electron chi connectivity index (χ4n) is 5.08. The third-order valence-electron chi connectivity index (χ3n) is 7.56. The molecule has 1 amide bonds. The number of nitrogens with zero attached hydrogens (tertiary/aromatic N) is 4. The topological polar surface area (TPSA) is 159 Å². The Hall–Kier alpha value is -4.63. The molecular weight excluding hydrogens is 669 g/mol. The highest BCUT2D eigenvalue weighted by Crippen LogP contribution is 2.40. The highest BCUT2D eigenvalue weighted by Gasteiger charge is 2.40. The number of pyridine rings is 1. The van der Waals surface area contributed by atoms with Crippen LogP contribution in [0, 0.1) is 17.2 Å². The van der Waals surface area contributed by atoms with Crippen LogP contribution in [0.15, 0.2) is 52.6 Å². The van der Waals surface area contributed by atoms with Crippen LogP contribution in [0.2, 0.25) is 10.0 Å². The van der Waals surface area contributed by atoms with Gasteiger partial charge >= 0.3 is 5.91 Å². The molecule has 47 heavy (non-hydrogen) atoms. The monoisotopic (exact) mass is 693 g/mol. The molecule has 0 bridgehead atoms. The summed E-state index contributed by atoms with van der Waals surface area (Å²) in [5.41, 5.74) is -0.0438. The second-order valence-electron chi connectivity index (χ2n) is 10.6. The summed E-state index contributed by atoms with van der Waals surface area (Å²) >= 11 is 12.9. The molecule has 5 rings (SSSR count). The first kappa shape index (κ1) is 33.7. The fourth-order valence-corrected chi connectivity index (χ4v) is 5.60. The number of aliphatic imine (C=N–C) groups is 1. The molecular formula is C30H25Cl2F4N7O4. The number of benzene rings is 1. The number of anilines is 2. The maximum atomic E-state index is 14.1. The zero-order chi connectivity index (χ0) is 33.9. The number of hydrogen-bond acceptors (Lipinski definition) is 9. The molecule has 246 valence electrons. The van der Waals surface area contributed by atoms with Gasteiger partial charge in [0, 0.05) is 29.7 Å². The number of ether oxygens (including phenoxy) is 1. The number of nitrogens with one attached hydrogen (secondary N) is 3. The second-order valence-corrected chi connectivity index (χ2v) is 11.3. The number of rotatable bonds is 12. The van der Waals surface area contributed by atoms with E-state index in [0.29, 0.717) is 11.6 Å². The summed E-state index contributed by atoms with van der Waals surface area (Å²) in [5.74, 6) is -6.69. The summed E-state index contributed by atoms with van der Waals surface area (Å²) in [6, 6.07) is 5.61. The fraction of sp³-hybridized carbons (Fsp3) is 0.300. The van der Waals surface area contributed by atoms with E-state index in [1.807, 2.05) is 0 Å². The van der Waals surface area contributed by atoms with Crippen LogP contribution in [0.5, 0.6) is 5.88 Å². The lowest BCUT2D eigenvalue weighted by atomic mass is 9.76. The number of ketones is 1. The maximum Gasteiger partial charge on any atom is 0.315 e. The third kappa shape index (κ3) is 7.52. The smallest absolute Gasteiger partial charge is 0.315 e. The van der Waals surface area contributed by atoms with Crippen LogP contribution in [0.25, 0.3) is 11.2 Å². The SMILES string of the molecule is C=CC(F)(F)C1CCC(C(=N)C(=O)c2cc3[nH]c(Nc4c(Cl)ccc(C=NC(=O)c5ccno5)c4Cl)nc3nc2OCC(F)F)CC1. The van der Waals surface area contributed by atoms with Gasteiger partial charge < -0.3 is 25.0 Å². The van der Waals surface area contributed by atoms with Crippen LogP contribution in [0.1, 0.15) is 52.2 Å². The van der Waals surface area contributed by atoms with E-state index in [0.717, 1.165) is 0 Å². The first-order valence-electron chi connectivity index (χ1n) is 14.1. The van der Waals surface area contributed by atoms with Crippen molar-refractivity contribution >= 4 is 69.6 Å². The molecule has 0 saturated heterocycles. The van der Waals surface area contributed by atoms with Crippen molar-refractivity contribution in [2.75, 3.05) is 11.9 Å². The summed E-state index contributed by atoms with van der Waals surface area (Å²) < 4.78 is 64.2. The largest absolute Gasteiger partial charge is 0.471 e. The van der Waals surface area contributed by atoms with Gasteiger partial charge in [-0.05, 0) is 43.9 Å². The van der Waals surface area contributed by atoms with Gasteiger partial charge in [-0.15, -0.1) is 0 Å². The molecule has 3 N–H and O–H groups in total. The van der Waals surface area contributed by atoms with Crippen molar-refractivity contribution in [3.05, 3.63) is 70.0 Å². The average molecular weight is 694 g/mol. The van der Waals surface area contributed by atoms with Gasteiger partial charge in [0.15, 0.2) is 12.3 Å². The van der Waals surface area contributed by atoms with E-state index in [1.165, 1.54) is 36.7 Å². The predicted octanol–water partition coefficient (Wildman–Crippen LogP) is 7.73. The van der Waals surface area contributed by atoms with Gasteiger partial charge in [0.25, 0.3) is 12.3 Å². The molecule has 1 aliphatic carbocycles. The molecule has 0 aliphatic heterocycles. The molecule has 4 aromatic rings. The standard InChI is InChI=1S/C30H25Cl2F4N7O4/c1-2-30(35,36)16-6-3-14(4-7-16)23(37)25(44)17-11-19-26(42-28(17)46-13-21(33)34)43-29(40-19)41-24-18(31)8-5-15(22(24)32)12-38-27(45)20-9-10-39-47-20/h2,5,8-12,14,16,21,37H,1,3-4,6-7,13H2,(H2,40,41,42,43). The lowest BCUT2D eigenvalue weighted by Gasteiger charge is -2.32. The highest BCUT2D eigenvalue weighted by molar-refractivity contribution is 6.46. The number of carbonyl (C=O) groups is 2. The van der Waals surface area contributed by atoms with Gasteiger partial charge in [-0.2, -0.15) is 9.97 Å². The van der Waals surface area contributed by atoms with Gasteiger partial charge in [0.05, 0.1) is 38.7 Å². The van der Waals surface area contributed by atoms with Crippen LogP contribution >= 0.6 is 23.2 Å². The maximum absolute atomic E-state index is 14.1. The number of imidazole rings is 1. The van der Waals surface area contributed by atoms with Gasteiger partial charge in [0.1, 0.15) is 0 Å². The highest BCUT2D eigenvalue weighted by atomic mass is 35.5. The second kappa shape index (κ2) is 14.0. The van der Waals surface area contributed by atoms with Crippen molar-refractivity contribution in [2.24, 2.45) is 16.8 Å². The quantitative estimate of drug-likeness (QED) is 0.0588. The molecule has 11 nitrogen and oxygen atoms in total. The summed E-state index contributed by atoms with van der Waals surface area (Å²) in [5, 5.41) is 15.1. The van der Waals surface area contributed by atoms with E-state index in [-0.39, 0.29) is 75.6 Å². The van der Waals surface area contributed by atoms with Gasteiger partial charge in [-0.3, -0.25) is 9.59 Å². The molecule has 1 aromatic carbocycles. The Balaban J connectivity index is 1.40. The van der Waals surface area contributed by atoms with E-state index in [9.17, 15) is 27.2 Å². The molecule has 0 unspecified atom stereocenters. The minimum absolute atomic E-state index is 0.0316. The number of aromatic nitrogens is 4. The normalized spacial score (nSPS) is 16.9. The number of amides is 1. The van der Waals surface area contributed by atoms with E-state index in [2.05, 4.69) is 37.0 Å². The van der Waals surface area contributed by atoms with Crippen LogP contribution < -0.4 is 10.1 Å². The Labute approximate surface area is 273 Å². The molecule has 0 atom stereocenters. The van der Waals surface area contributed by atoms with Crippen LogP contribution in [0.4, 0.5) is 29.2 Å². The van der Waals surface area contributed by atoms with E-state index in [4.69, 9.17) is 37.9 Å². The van der Waals surface area contributed by atoms with Crippen molar-refractivity contribution in [1.29, 1.82) is 5.41 Å². The molecule has 3 heterocycles. The number of fused-ring (bicyclic) bond motifs is 1. The van der Waals surface area contributed by atoms with Crippen molar-refractivity contribution in [2.45, 2.75) is 38.0 Å². The lowest BCUT2D eigenvalue weighted by Crippen LogP contribution is -2.34. The summed E-state index contributed by atoms with van der Waals surface area (Å²) in [6.07, 6.45) is 0.700. The molecule has 17 heteroatoms. The van der Waals surface area contributed by atoms with Crippen molar-refractivity contribution in [3.8, 4) is 5.88 Å². The van der Waals surface area contributed by atoms with Crippen molar-refractivity contribution in [3.63, 3.8) is 0 Å². The Morgan fingerprint density at radius 1 is 1.21 bits per heavy atom. The molecule has 0 radical (unpaired) electrons. The number of H-pyrrole nitrogens is 1. The first-order chi connectivity index (χ1) is 22.4. The Kier molecular flexibility index (Phi) is 10.1. The number of alkyl halides is 4. The zero-order valence-electron chi connectivity index (χ0n) is 24.2. The Bertz CT molecular complexity index is 1860. The first-order valence-corrected chi connectivity index (χ1v) is 14.8. The number of aromatic amines is 1. The minimum Gasteiger partial charge on any atom is -0.471 e. The zero-order valence-corrected chi connectivity index (χ0v) is 25.7. The molecule has 3 aromatic heterocycles. The van der Waals surface area contributed by atoms with Crippen molar-refractivity contribution in [1.82, 2.24) is 20.1 Å². The lowest BCUT2D eigenvalue weighted by molar-refractivity contribution is -0.0267. The summed E-state index contributed by atoms with van der Waals surface area (Å²) in [4.78, 5) is 40.7. The van der Waals surface area contributed by atoms with Crippen molar-refractivity contribution < 1.29 is 36.4 Å². The van der Waals surface area contributed by atoms with Gasteiger partial charge in [-0.25, -0.2) is 22.6 Å². The Morgan fingerprint density at radius 2 is 1.96 bits per heavy atom. The van der Waals surface area contributed by atoms with Crippen LogP contribution in [0.3, 0.4) is 0 Å². The predicted molar refractivity (Wildman–Crippen MR) is 166 cm³/mol. The Morgan fingerprint density at radius 3 is 2.62 bits per heavy atom. The molecule has 1 aliphatic rings. The van der Waals surface area contributed by atoms with E-state index in [1.54, 1.807) is 0 Å². The van der Waals surface area contributed by atoms with E-state index < -0.39 is 48.4 Å². The molecule has 1 fully saturated rings. The number of hydrogen-bond donors (Lipinski definition) is 3. The van der Waals surface area contributed by atoms with E-state index >= 15 is 0 Å². The number of Topliss-reactive ketones (excluding diaryl/α,β-unsaturated/α-hetero) is 1. The molecule has 1 saturated carbocycles. The van der Waals surface area contributed by atoms with Gasteiger partial charge in [0.2, 0.25) is 23.4 Å². The third-order valence-corrected chi connectivity index (χ3v) is 8.28. The number of allylic oxidation sites excluding steroid dienone is 1. The number of halogens is 6. The minimum atomic E-state index is -3.06. The van der Waals surface area contributed by atoms with Crippen LogP contribution in [-0.4, -0.2) is 62.7 Å². The average Bonchev–Trinajstić information content (AvgIpc) is 3.74. The summed E-state index contributed by atoms with van der Waals surface area (Å²) in [7, 11) is 0. The van der Waals surface area contributed by atoms with Crippen LogP contribution in [-0.2, 0) is 0 Å². The number of carbonyl (C=O) groups excluding carboxylic acids is 2. The summed E-state index contributed by atoms with van der Waals surface area (Å²) in [6.45, 7) is 2.10. The molecule has 0 spiro atoms.